The summed E-state index contributed by atoms with van der Waals surface area (Å²) in [6.45, 7) is 7.53. The highest BCUT2D eigenvalue weighted by Gasteiger charge is 2.44. The number of nitrogens with one attached hydrogen (secondary N) is 2. The molecule has 6 atom stereocenters. The number of aliphatic hydroxyl groups excluding tert-OH is 2. The molecule has 0 unspecified atom stereocenters. The average Bonchev–Trinajstić information content (AvgIpc) is 3.91. The van der Waals surface area contributed by atoms with Gasteiger partial charge in [0.25, 0.3) is 0 Å². The van der Waals surface area contributed by atoms with Gasteiger partial charge in [-0.1, -0.05) is 51.4 Å². The third-order valence-electron chi connectivity index (χ3n) is 9.25. The lowest BCUT2D eigenvalue weighted by Gasteiger charge is -2.23. The second-order valence-corrected chi connectivity index (χ2v) is 13.4. The van der Waals surface area contributed by atoms with Crippen LogP contribution in [-0.2, 0) is 9.59 Å². The lowest BCUT2D eigenvalue weighted by atomic mass is 10.2. The first-order chi connectivity index (χ1) is 24.8. The maximum atomic E-state index is 11.9. The van der Waals surface area contributed by atoms with Gasteiger partial charge in [0.15, 0.2) is 27.8 Å². The van der Waals surface area contributed by atoms with E-state index in [4.69, 9.17) is 34.8 Å². The number of anilines is 1. The number of carbonyl (C=O) groups is 3. The van der Waals surface area contributed by atoms with Crippen LogP contribution in [0.25, 0.3) is 22.3 Å². The summed E-state index contributed by atoms with van der Waals surface area (Å²) in [5.74, 6) is -0.0672. The number of allylic oxidation sites excluding steroid dienone is 1. The summed E-state index contributed by atoms with van der Waals surface area (Å²) in [5, 5.41) is 36.6. The van der Waals surface area contributed by atoms with Crippen molar-refractivity contribution in [2.24, 2.45) is 0 Å². The SMILES string of the molecule is CCC(=O)N(C(=O)O)[C@@H]1C=C[C@H](n2cnc3c(Cl)nc(Cl)nc32)C1.CCC(=O)N[C@H]1C[C@@H](n2cnc3c(NC(CC)CC)nc(Cl)nc32)[C@H](O)[C@@H]1O. The fourth-order valence-electron chi connectivity index (χ4n) is 6.42. The molecule has 1 saturated carbocycles. The van der Waals surface area contributed by atoms with Crippen LogP contribution in [0.5, 0.6) is 0 Å². The van der Waals surface area contributed by atoms with Crippen molar-refractivity contribution in [2.75, 3.05) is 5.32 Å². The third kappa shape index (κ3) is 8.07. The molecule has 52 heavy (non-hydrogen) atoms. The highest BCUT2D eigenvalue weighted by atomic mass is 35.5. The predicted octanol–water partition coefficient (Wildman–Crippen LogP) is 4.56. The van der Waals surface area contributed by atoms with Crippen LogP contribution in [0.1, 0.15) is 78.3 Å². The number of halogens is 3. The number of rotatable bonds is 10. The molecule has 17 nitrogen and oxygen atoms in total. The van der Waals surface area contributed by atoms with Gasteiger partial charge in [0.2, 0.25) is 22.4 Å². The van der Waals surface area contributed by atoms with Gasteiger partial charge in [-0.2, -0.15) is 15.0 Å². The van der Waals surface area contributed by atoms with Gasteiger partial charge in [-0.15, -0.1) is 0 Å². The number of fused-ring (bicyclic) bond motifs is 2. The van der Waals surface area contributed by atoms with E-state index in [0.29, 0.717) is 47.4 Å². The second-order valence-electron chi connectivity index (χ2n) is 12.4. The molecule has 2 aliphatic rings. The van der Waals surface area contributed by atoms with Gasteiger partial charge in [0.05, 0.1) is 36.8 Å². The first-order valence-corrected chi connectivity index (χ1v) is 18.1. The zero-order chi connectivity index (χ0) is 37.9. The number of carboxylic acid groups (broad SMARTS) is 1. The number of hydrogen-bond acceptors (Lipinski definition) is 12. The molecule has 1 fully saturated rings. The van der Waals surface area contributed by atoms with E-state index >= 15 is 0 Å². The Labute approximate surface area is 313 Å². The number of carbonyl (C=O) groups excluding carboxylic acids is 2. The number of nitrogens with zero attached hydrogens (tertiary/aromatic N) is 9. The molecule has 4 aromatic heterocycles. The standard InChI is InChI=1S/C18H27ClN6O3.C14H13Cl2N5O3/c1-4-9(5-2)21-16-13-17(24-18(19)23-16)25(8-20-13)11-7-10(14(27)15(11)28)22-12(26)6-3;1-2-9(22)21(14(23)24)8-4-3-7(5-8)20-6-17-10-11(15)18-13(16)19-12(10)20/h8-11,14-15,27-28H,4-7H2,1-3H3,(H,22,26)(H,21,23,24);3-4,6-8H,2,5H2,1H3,(H,23,24)/t10-,11+,14+,15-;7-,8+/m00/s1. The molecular formula is C32H40Cl3N11O6. The Morgan fingerprint density at radius 1 is 0.865 bits per heavy atom. The highest BCUT2D eigenvalue weighted by Crippen LogP contribution is 2.35. The van der Waals surface area contributed by atoms with Crippen molar-refractivity contribution in [1.29, 1.82) is 0 Å². The molecule has 0 aromatic carbocycles. The van der Waals surface area contributed by atoms with E-state index < -0.39 is 42.3 Å². The molecule has 2 aliphatic carbocycles. The van der Waals surface area contributed by atoms with Crippen LogP contribution in [0.15, 0.2) is 24.8 Å². The van der Waals surface area contributed by atoms with E-state index in [2.05, 4.69) is 54.4 Å². The van der Waals surface area contributed by atoms with Crippen LogP contribution >= 0.6 is 34.8 Å². The van der Waals surface area contributed by atoms with Crippen LogP contribution in [0.4, 0.5) is 10.6 Å². The minimum Gasteiger partial charge on any atom is -0.465 e. The Bertz CT molecular complexity index is 1970. The average molecular weight is 781 g/mol. The maximum Gasteiger partial charge on any atom is 0.414 e. The number of aliphatic hydroxyl groups is 2. The fourth-order valence-corrected chi connectivity index (χ4v) is 7.00. The number of amides is 3. The van der Waals surface area contributed by atoms with Gasteiger partial charge in [-0.05, 0) is 48.9 Å². The monoisotopic (exact) mass is 779 g/mol. The largest absolute Gasteiger partial charge is 0.465 e. The number of imide groups is 1. The van der Waals surface area contributed by atoms with Crippen molar-refractivity contribution in [3.63, 3.8) is 0 Å². The highest BCUT2D eigenvalue weighted by molar-refractivity contribution is 6.35. The van der Waals surface area contributed by atoms with Crippen LogP contribution in [0.3, 0.4) is 0 Å². The Kier molecular flexibility index (Phi) is 12.5. The van der Waals surface area contributed by atoms with Crippen LogP contribution in [-0.4, -0.2) is 107 Å². The Morgan fingerprint density at radius 3 is 2.13 bits per heavy atom. The van der Waals surface area contributed by atoms with E-state index in [9.17, 15) is 29.7 Å². The number of aromatic nitrogens is 8. The molecule has 0 saturated heterocycles. The van der Waals surface area contributed by atoms with Crippen molar-refractivity contribution in [1.82, 2.24) is 49.3 Å². The quantitative estimate of drug-likeness (QED) is 0.0846. The number of hydrogen-bond donors (Lipinski definition) is 5. The Hall–Kier alpha value is -4.16. The van der Waals surface area contributed by atoms with E-state index in [1.165, 1.54) is 0 Å². The molecular weight excluding hydrogens is 741 g/mol. The minimum absolute atomic E-state index is 0.00102. The molecule has 0 radical (unpaired) electrons. The van der Waals surface area contributed by atoms with Gasteiger partial charge < -0.3 is 35.1 Å². The summed E-state index contributed by atoms with van der Waals surface area (Å²) in [7, 11) is 0. The normalized spacial score (nSPS) is 22.5. The molecule has 5 N–H and O–H groups in total. The molecule has 4 aromatic rings. The van der Waals surface area contributed by atoms with E-state index in [0.717, 1.165) is 17.7 Å². The first kappa shape index (κ1) is 39.1. The fraction of sp³-hybridized carbons (Fsp3) is 0.531. The van der Waals surface area contributed by atoms with E-state index in [1.54, 1.807) is 41.7 Å². The van der Waals surface area contributed by atoms with Gasteiger partial charge in [0.1, 0.15) is 17.7 Å². The molecule has 0 spiro atoms. The summed E-state index contributed by atoms with van der Waals surface area (Å²) < 4.78 is 3.44. The Morgan fingerprint density at radius 2 is 1.50 bits per heavy atom. The van der Waals surface area contributed by atoms with Crippen molar-refractivity contribution < 1.29 is 29.7 Å². The molecule has 0 aliphatic heterocycles. The van der Waals surface area contributed by atoms with Crippen molar-refractivity contribution in [3.8, 4) is 0 Å². The number of imidazole rings is 2. The molecule has 280 valence electrons. The predicted molar refractivity (Wildman–Crippen MR) is 193 cm³/mol. The minimum atomic E-state index is -1.26. The van der Waals surface area contributed by atoms with Gasteiger partial charge >= 0.3 is 6.09 Å². The smallest absolute Gasteiger partial charge is 0.414 e. The summed E-state index contributed by atoms with van der Waals surface area (Å²) in [5.41, 5.74) is 1.91. The van der Waals surface area contributed by atoms with Gasteiger partial charge in [-0.3, -0.25) is 9.59 Å². The van der Waals surface area contributed by atoms with Crippen LogP contribution in [0, 0.1) is 0 Å². The van der Waals surface area contributed by atoms with Crippen molar-refractivity contribution in [3.05, 3.63) is 40.5 Å². The first-order valence-electron chi connectivity index (χ1n) is 16.9. The molecule has 3 amide bonds. The molecule has 20 heteroatoms. The van der Waals surface area contributed by atoms with Crippen molar-refractivity contribution in [2.45, 2.75) is 109 Å². The summed E-state index contributed by atoms with van der Waals surface area (Å²) in [6, 6.07) is -1.55. The van der Waals surface area contributed by atoms with Gasteiger partial charge in [0, 0.05) is 18.9 Å². The summed E-state index contributed by atoms with van der Waals surface area (Å²) in [6.07, 6.45) is 6.25. The Balaban J connectivity index is 0.000000203. The van der Waals surface area contributed by atoms with E-state index in [-0.39, 0.29) is 40.1 Å². The lowest BCUT2D eigenvalue weighted by Crippen LogP contribution is -2.42. The van der Waals surface area contributed by atoms with Crippen molar-refractivity contribution >= 4 is 80.9 Å². The molecule has 4 heterocycles. The van der Waals surface area contributed by atoms with E-state index in [1.807, 2.05) is 6.08 Å². The topological polar surface area (TPSA) is 226 Å². The van der Waals surface area contributed by atoms with Gasteiger partial charge in [-0.25, -0.2) is 24.6 Å². The summed E-state index contributed by atoms with van der Waals surface area (Å²) in [4.78, 5) is 61.0. The second kappa shape index (κ2) is 16.7. The zero-order valence-corrected chi connectivity index (χ0v) is 31.1. The van der Waals surface area contributed by atoms with Crippen LogP contribution < -0.4 is 10.6 Å². The lowest BCUT2D eigenvalue weighted by molar-refractivity contribution is -0.130. The van der Waals surface area contributed by atoms with Crippen LogP contribution in [0.2, 0.25) is 15.7 Å². The maximum absolute atomic E-state index is 11.9. The summed E-state index contributed by atoms with van der Waals surface area (Å²) >= 11 is 18.0. The zero-order valence-electron chi connectivity index (χ0n) is 28.8. The third-order valence-corrected chi connectivity index (χ3v) is 9.85. The molecule has 6 rings (SSSR count). The molecule has 0 bridgehead atoms.